The SMILES string of the molecule is CCc1cc(C(=O)N2CC[C@@H](c3nc(N(C)C)ncc3-c3cccc(C(N)=O)c3)C2)on1. The Morgan fingerprint density at radius 1 is 1.28 bits per heavy atom. The molecule has 9 nitrogen and oxygen atoms in total. The number of rotatable bonds is 6. The number of carbonyl (C=O) groups is 2. The Balaban J connectivity index is 1.66. The number of hydrogen-bond acceptors (Lipinski definition) is 7. The average molecular weight is 435 g/mol. The van der Waals surface area contributed by atoms with Crippen LogP contribution in [0, 0.1) is 0 Å². The molecule has 0 spiro atoms. The van der Waals surface area contributed by atoms with E-state index in [1.807, 2.05) is 32.0 Å². The van der Waals surface area contributed by atoms with Crippen LogP contribution >= 0.6 is 0 Å². The Hall–Kier alpha value is -3.75. The molecule has 1 fully saturated rings. The maximum Gasteiger partial charge on any atom is 0.292 e. The zero-order chi connectivity index (χ0) is 22.8. The van der Waals surface area contributed by atoms with Gasteiger partial charge in [0.25, 0.3) is 5.91 Å². The van der Waals surface area contributed by atoms with Crippen molar-refractivity contribution in [2.45, 2.75) is 25.7 Å². The molecule has 3 heterocycles. The predicted molar refractivity (Wildman–Crippen MR) is 119 cm³/mol. The molecule has 1 aliphatic rings. The van der Waals surface area contributed by atoms with Crippen LogP contribution in [0.2, 0.25) is 0 Å². The van der Waals surface area contributed by atoms with Crippen molar-refractivity contribution in [3.8, 4) is 11.1 Å². The van der Waals surface area contributed by atoms with Gasteiger partial charge in [0.15, 0.2) is 0 Å². The molecule has 32 heavy (non-hydrogen) atoms. The van der Waals surface area contributed by atoms with Gasteiger partial charge in [0.1, 0.15) is 0 Å². The van der Waals surface area contributed by atoms with Gasteiger partial charge in [-0.15, -0.1) is 0 Å². The van der Waals surface area contributed by atoms with E-state index >= 15 is 0 Å². The van der Waals surface area contributed by atoms with Crippen LogP contribution in [-0.2, 0) is 6.42 Å². The second kappa shape index (κ2) is 8.78. The van der Waals surface area contributed by atoms with Gasteiger partial charge < -0.3 is 20.1 Å². The molecule has 9 heteroatoms. The highest BCUT2D eigenvalue weighted by atomic mass is 16.5. The molecule has 0 radical (unpaired) electrons. The molecular formula is C23H26N6O3. The Labute approximate surface area is 186 Å². The molecule has 166 valence electrons. The standard InChI is InChI=1S/C23H26N6O3/c1-4-17-11-19(32-27-17)22(31)29-9-8-16(13-29)20-18(12-25-23(26-20)28(2)3)14-6-5-7-15(10-14)21(24)30/h5-7,10-12,16H,4,8-9,13H2,1-3H3,(H2,24,30)/t16-/m1/s1. The third-order valence-electron chi connectivity index (χ3n) is 5.66. The quantitative estimate of drug-likeness (QED) is 0.633. The number of aromatic nitrogens is 3. The van der Waals surface area contributed by atoms with Crippen molar-refractivity contribution in [1.82, 2.24) is 20.0 Å². The molecule has 2 aromatic heterocycles. The molecule has 3 aromatic rings. The first-order chi connectivity index (χ1) is 15.4. The zero-order valence-corrected chi connectivity index (χ0v) is 18.4. The Kier molecular flexibility index (Phi) is 5.89. The minimum Gasteiger partial charge on any atom is -0.366 e. The number of benzene rings is 1. The molecular weight excluding hydrogens is 408 g/mol. The summed E-state index contributed by atoms with van der Waals surface area (Å²) >= 11 is 0. The number of primary amides is 1. The van der Waals surface area contributed by atoms with E-state index in [2.05, 4.69) is 10.1 Å². The molecule has 1 saturated heterocycles. The summed E-state index contributed by atoms with van der Waals surface area (Å²) in [4.78, 5) is 37.5. The summed E-state index contributed by atoms with van der Waals surface area (Å²) in [5.74, 6) is 0.201. The van der Waals surface area contributed by atoms with Gasteiger partial charge in [-0.05, 0) is 30.5 Å². The number of nitrogens with two attached hydrogens (primary N) is 1. The van der Waals surface area contributed by atoms with E-state index in [-0.39, 0.29) is 17.6 Å². The van der Waals surface area contributed by atoms with Crippen molar-refractivity contribution >= 4 is 17.8 Å². The minimum absolute atomic E-state index is 0.0152. The van der Waals surface area contributed by atoms with Gasteiger partial charge in [-0.25, -0.2) is 9.97 Å². The van der Waals surface area contributed by atoms with E-state index in [0.717, 1.165) is 28.9 Å². The minimum atomic E-state index is -0.490. The van der Waals surface area contributed by atoms with Crippen molar-refractivity contribution in [3.05, 3.63) is 59.2 Å². The summed E-state index contributed by atoms with van der Waals surface area (Å²) in [6, 6.07) is 8.82. The summed E-state index contributed by atoms with van der Waals surface area (Å²) in [7, 11) is 3.76. The summed E-state index contributed by atoms with van der Waals surface area (Å²) in [6.45, 7) is 3.06. The maximum atomic E-state index is 12.9. The lowest BCUT2D eigenvalue weighted by Gasteiger charge is -2.19. The van der Waals surface area contributed by atoms with Crippen LogP contribution in [0.1, 0.15) is 51.6 Å². The van der Waals surface area contributed by atoms with E-state index in [0.29, 0.717) is 31.0 Å². The molecule has 1 aromatic carbocycles. The molecule has 1 atom stereocenters. The third-order valence-corrected chi connectivity index (χ3v) is 5.66. The normalized spacial score (nSPS) is 15.7. The van der Waals surface area contributed by atoms with Gasteiger partial charge in [-0.1, -0.05) is 24.2 Å². The fourth-order valence-electron chi connectivity index (χ4n) is 3.88. The highest BCUT2D eigenvalue weighted by molar-refractivity contribution is 5.94. The first-order valence-corrected chi connectivity index (χ1v) is 10.6. The van der Waals surface area contributed by atoms with Crippen LogP contribution in [0.5, 0.6) is 0 Å². The summed E-state index contributed by atoms with van der Waals surface area (Å²) in [5.41, 5.74) is 9.13. The zero-order valence-electron chi connectivity index (χ0n) is 18.4. The van der Waals surface area contributed by atoms with E-state index in [9.17, 15) is 9.59 Å². The highest BCUT2D eigenvalue weighted by Crippen LogP contribution is 2.35. The number of likely N-dealkylation sites (tertiary alicyclic amines) is 1. The van der Waals surface area contributed by atoms with Crippen molar-refractivity contribution in [3.63, 3.8) is 0 Å². The van der Waals surface area contributed by atoms with Gasteiger partial charge in [0.2, 0.25) is 17.6 Å². The highest BCUT2D eigenvalue weighted by Gasteiger charge is 2.32. The number of aryl methyl sites for hydroxylation is 1. The van der Waals surface area contributed by atoms with Crippen molar-refractivity contribution < 1.29 is 14.1 Å². The van der Waals surface area contributed by atoms with Crippen molar-refractivity contribution in [2.75, 3.05) is 32.1 Å². The Morgan fingerprint density at radius 3 is 2.78 bits per heavy atom. The lowest BCUT2D eigenvalue weighted by atomic mass is 9.95. The number of amides is 2. The molecule has 1 aliphatic heterocycles. The fourth-order valence-corrected chi connectivity index (χ4v) is 3.88. The Bertz CT molecular complexity index is 1160. The third kappa shape index (κ3) is 4.18. The number of nitrogens with zero attached hydrogens (tertiary/aromatic N) is 5. The van der Waals surface area contributed by atoms with Crippen LogP contribution in [0.3, 0.4) is 0 Å². The molecule has 0 bridgehead atoms. The second-order valence-electron chi connectivity index (χ2n) is 8.08. The lowest BCUT2D eigenvalue weighted by molar-refractivity contribution is 0.0749. The largest absolute Gasteiger partial charge is 0.366 e. The molecule has 2 amide bonds. The van der Waals surface area contributed by atoms with E-state index in [4.69, 9.17) is 15.2 Å². The smallest absolute Gasteiger partial charge is 0.292 e. The predicted octanol–water partition coefficient (Wildman–Crippen LogP) is 2.49. The first kappa shape index (κ1) is 21.5. The van der Waals surface area contributed by atoms with Crippen LogP contribution in [-0.4, -0.2) is 59.0 Å². The van der Waals surface area contributed by atoms with Gasteiger partial charge in [-0.2, -0.15) is 0 Å². The molecule has 2 N–H and O–H groups in total. The van der Waals surface area contributed by atoms with E-state index in [1.54, 1.807) is 35.4 Å². The van der Waals surface area contributed by atoms with Crippen LogP contribution < -0.4 is 10.6 Å². The molecule has 0 saturated carbocycles. The van der Waals surface area contributed by atoms with Crippen molar-refractivity contribution in [2.24, 2.45) is 5.73 Å². The van der Waals surface area contributed by atoms with Crippen LogP contribution in [0.15, 0.2) is 41.1 Å². The average Bonchev–Trinajstić information content (AvgIpc) is 3.48. The molecule has 4 rings (SSSR count). The second-order valence-corrected chi connectivity index (χ2v) is 8.08. The van der Waals surface area contributed by atoms with Gasteiger partial charge in [0, 0.05) is 56.5 Å². The summed E-state index contributed by atoms with van der Waals surface area (Å²) in [6.07, 6.45) is 3.24. The Morgan fingerprint density at radius 2 is 2.09 bits per heavy atom. The fraction of sp³-hybridized carbons (Fsp3) is 0.348. The van der Waals surface area contributed by atoms with Gasteiger partial charge in [0.05, 0.1) is 11.4 Å². The monoisotopic (exact) mass is 434 g/mol. The summed E-state index contributed by atoms with van der Waals surface area (Å²) in [5, 5.41) is 3.93. The van der Waals surface area contributed by atoms with Crippen LogP contribution in [0.25, 0.3) is 11.1 Å². The first-order valence-electron chi connectivity index (χ1n) is 10.6. The van der Waals surface area contributed by atoms with Crippen LogP contribution in [0.4, 0.5) is 5.95 Å². The number of anilines is 1. The van der Waals surface area contributed by atoms with Crippen molar-refractivity contribution in [1.29, 1.82) is 0 Å². The lowest BCUT2D eigenvalue weighted by Crippen LogP contribution is -2.28. The van der Waals surface area contributed by atoms with E-state index in [1.165, 1.54) is 0 Å². The van der Waals surface area contributed by atoms with E-state index < -0.39 is 5.91 Å². The molecule has 0 unspecified atom stereocenters. The molecule has 0 aliphatic carbocycles. The number of hydrogen-bond donors (Lipinski definition) is 1. The van der Waals surface area contributed by atoms with Gasteiger partial charge >= 0.3 is 0 Å². The van der Waals surface area contributed by atoms with Gasteiger partial charge in [-0.3, -0.25) is 9.59 Å². The topological polar surface area (TPSA) is 118 Å². The maximum absolute atomic E-state index is 12.9. The number of carbonyl (C=O) groups excluding carboxylic acids is 2. The summed E-state index contributed by atoms with van der Waals surface area (Å²) < 4.78 is 5.23.